The SMILES string of the molecule is CC1=NN(c2ccccc2Cl)C(=O)C1N=Nc1cc(Nc2nc(Cl)nc(Nc3ccccc3C)n2)ccc1S(=O)(=O)[O-].[Na+]. The molecule has 13 nitrogen and oxygen atoms in total. The Hall–Kier alpha value is -3.50. The van der Waals surface area contributed by atoms with E-state index in [4.69, 9.17) is 23.2 Å². The van der Waals surface area contributed by atoms with Crippen molar-refractivity contribution in [3.8, 4) is 0 Å². The third-order valence-corrected chi connectivity index (χ3v) is 7.31. The monoisotopic (exact) mass is 647 g/mol. The summed E-state index contributed by atoms with van der Waals surface area (Å²) in [5.74, 6) is -0.377. The van der Waals surface area contributed by atoms with Crippen molar-refractivity contribution in [2.45, 2.75) is 24.8 Å². The predicted molar refractivity (Wildman–Crippen MR) is 157 cm³/mol. The minimum atomic E-state index is -4.95. The number of benzene rings is 3. The van der Waals surface area contributed by atoms with Gasteiger partial charge in [-0.2, -0.15) is 35.3 Å². The van der Waals surface area contributed by atoms with E-state index in [0.717, 1.165) is 22.3 Å². The number of aromatic nitrogens is 3. The molecule has 0 saturated heterocycles. The zero-order valence-electron chi connectivity index (χ0n) is 22.9. The van der Waals surface area contributed by atoms with Gasteiger partial charge in [0, 0.05) is 11.4 Å². The van der Waals surface area contributed by atoms with Gasteiger partial charge in [-0.05, 0) is 67.4 Å². The van der Waals surface area contributed by atoms with Crippen LogP contribution in [0.25, 0.3) is 0 Å². The largest absolute Gasteiger partial charge is 1.00 e. The van der Waals surface area contributed by atoms with Crippen LogP contribution in [0, 0.1) is 6.92 Å². The van der Waals surface area contributed by atoms with Crippen LogP contribution in [-0.4, -0.2) is 45.6 Å². The summed E-state index contributed by atoms with van der Waals surface area (Å²) in [5, 5.41) is 19.4. The van der Waals surface area contributed by atoms with E-state index < -0.39 is 27.0 Å². The minimum Gasteiger partial charge on any atom is -0.744 e. The first-order valence-electron chi connectivity index (χ1n) is 12.2. The summed E-state index contributed by atoms with van der Waals surface area (Å²) in [6.45, 7) is 3.47. The normalized spacial score (nSPS) is 14.9. The summed E-state index contributed by atoms with van der Waals surface area (Å²) in [7, 11) is -4.95. The number of carbonyl (C=O) groups excluding carboxylic acids is 1. The molecular formula is C26H20Cl2N9NaO4S. The molecule has 17 heteroatoms. The van der Waals surface area contributed by atoms with Crippen LogP contribution < -0.4 is 45.2 Å². The van der Waals surface area contributed by atoms with Crippen LogP contribution in [0.5, 0.6) is 0 Å². The van der Waals surface area contributed by atoms with E-state index in [1.807, 2.05) is 31.2 Å². The van der Waals surface area contributed by atoms with Gasteiger partial charge in [-0.1, -0.05) is 41.9 Å². The molecule has 1 aliphatic rings. The summed E-state index contributed by atoms with van der Waals surface area (Å²) in [6, 6.07) is 16.6. The molecule has 2 N–H and O–H groups in total. The molecular weight excluding hydrogens is 628 g/mol. The van der Waals surface area contributed by atoms with Crippen molar-refractivity contribution in [3.05, 3.63) is 82.6 Å². The van der Waals surface area contributed by atoms with Crippen molar-refractivity contribution < 1.29 is 47.3 Å². The predicted octanol–water partition coefficient (Wildman–Crippen LogP) is 2.76. The number of aryl methyl sites for hydroxylation is 1. The summed E-state index contributed by atoms with van der Waals surface area (Å²) >= 11 is 12.3. The average molecular weight is 648 g/mol. The Labute approximate surface area is 278 Å². The van der Waals surface area contributed by atoms with Gasteiger partial charge in [0.25, 0.3) is 5.91 Å². The maximum absolute atomic E-state index is 13.1. The van der Waals surface area contributed by atoms with Gasteiger partial charge >= 0.3 is 29.6 Å². The Morgan fingerprint density at radius 2 is 1.60 bits per heavy atom. The van der Waals surface area contributed by atoms with E-state index in [1.54, 1.807) is 31.2 Å². The molecule has 1 atom stereocenters. The van der Waals surface area contributed by atoms with Gasteiger partial charge in [0.1, 0.15) is 15.8 Å². The van der Waals surface area contributed by atoms with Gasteiger partial charge in [0.15, 0.2) is 6.04 Å². The van der Waals surface area contributed by atoms with Crippen LogP contribution in [0.2, 0.25) is 10.3 Å². The fourth-order valence-electron chi connectivity index (χ4n) is 3.91. The molecule has 3 aromatic carbocycles. The number of nitrogens with zero attached hydrogens (tertiary/aromatic N) is 7. The van der Waals surface area contributed by atoms with E-state index in [0.29, 0.717) is 10.7 Å². The number of nitrogens with one attached hydrogen (secondary N) is 2. The Morgan fingerprint density at radius 3 is 2.30 bits per heavy atom. The second-order valence-electron chi connectivity index (χ2n) is 8.91. The van der Waals surface area contributed by atoms with Crippen molar-refractivity contribution in [2.24, 2.45) is 15.3 Å². The third-order valence-electron chi connectivity index (χ3n) is 5.94. The van der Waals surface area contributed by atoms with Crippen LogP contribution in [0.1, 0.15) is 12.5 Å². The third kappa shape index (κ3) is 7.54. The molecule has 0 saturated carbocycles. The summed E-state index contributed by atoms with van der Waals surface area (Å²) in [4.78, 5) is 24.8. The van der Waals surface area contributed by atoms with Gasteiger partial charge in [-0.15, -0.1) is 0 Å². The smallest absolute Gasteiger partial charge is 0.744 e. The summed E-state index contributed by atoms with van der Waals surface area (Å²) in [6.07, 6.45) is 0. The van der Waals surface area contributed by atoms with Crippen LogP contribution >= 0.6 is 23.2 Å². The van der Waals surface area contributed by atoms with Crippen molar-refractivity contribution in [1.29, 1.82) is 0 Å². The van der Waals surface area contributed by atoms with Crippen LogP contribution in [-0.2, 0) is 14.9 Å². The van der Waals surface area contributed by atoms with E-state index in [1.165, 1.54) is 12.1 Å². The summed E-state index contributed by atoms with van der Waals surface area (Å²) < 4.78 is 35.9. The van der Waals surface area contributed by atoms with Crippen molar-refractivity contribution in [3.63, 3.8) is 0 Å². The number of hydrogen-bond donors (Lipinski definition) is 2. The number of halogens is 2. The Morgan fingerprint density at radius 1 is 0.930 bits per heavy atom. The number of azo groups is 1. The second-order valence-corrected chi connectivity index (χ2v) is 11.0. The maximum Gasteiger partial charge on any atom is 1.00 e. The second kappa shape index (κ2) is 13.4. The number of amides is 1. The first-order chi connectivity index (χ1) is 20.0. The molecule has 0 bridgehead atoms. The number of carbonyl (C=O) groups is 1. The van der Waals surface area contributed by atoms with Crippen LogP contribution in [0.15, 0.2) is 87.0 Å². The van der Waals surface area contributed by atoms with E-state index in [2.05, 4.69) is 40.9 Å². The molecule has 0 radical (unpaired) electrons. The molecule has 1 aromatic heterocycles. The number of anilines is 5. The van der Waals surface area contributed by atoms with E-state index in [9.17, 15) is 17.8 Å². The fourth-order valence-corrected chi connectivity index (χ4v) is 4.88. The first kappa shape index (κ1) is 32.4. The fraction of sp³-hybridized carbons (Fsp3) is 0.115. The Kier molecular flexibility index (Phi) is 10.1. The number of hydrazone groups is 1. The Balaban J connectivity index is 0.00000423. The molecule has 4 aromatic rings. The number of para-hydroxylation sites is 2. The molecule has 0 fully saturated rings. The Bertz CT molecular complexity index is 1880. The molecule has 43 heavy (non-hydrogen) atoms. The number of rotatable bonds is 8. The van der Waals surface area contributed by atoms with Gasteiger partial charge in [0.05, 0.1) is 21.3 Å². The first-order valence-corrected chi connectivity index (χ1v) is 14.3. The van der Waals surface area contributed by atoms with Gasteiger partial charge in [-0.25, -0.2) is 8.42 Å². The van der Waals surface area contributed by atoms with Crippen molar-refractivity contribution in [1.82, 2.24) is 15.0 Å². The molecule has 214 valence electrons. The molecule has 5 rings (SSSR count). The topological polar surface area (TPSA) is 177 Å². The standard InChI is InChI=1S/C26H21Cl2N9O4S.Na/c1-14-7-3-5-9-18(14)30-26-32-24(28)31-25(33-26)29-16-11-12-21(42(39,40)41)19(13-16)34-35-22-15(2)36-37(23(22)38)20-10-6-4-8-17(20)27;/h3-13,22H,1-2H3,(H,39,40,41)(H2,29,30,31,32,33);/q;+1/p-1. The van der Waals surface area contributed by atoms with E-state index in [-0.39, 0.29) is 63.8 Å². The van der Waals surface area contributed by atoms with Gasteiger partial charge in [0.2, 0.25) is 17.2 Å². The molecule has 1 amide bonds. The zero-order chi connectivity index (χ0) is 30.0. The van der Waals surface area contributed by atoms with Gasteiger partial charge in [-0.3, -0.25) is 4.79 Å². The molecule has 0 aliphatic carbocycles. The zero-order valence-corrected chi connectivity index (χ0v) is 27.2. The van der Waals surface area contributed by atoms with Crippen LogP contribution in [0.3, 0.4) is 0 Å². The molecule has 1 aliphatic heterocycles. The minimum absolute atomic E-state index is 0. The molecule has 0 spiro atoms. The number of hydrogen-bond acceptors (Lipinski definition) is 12. The maximum atomic E-state index is 13.1. The average Bonchev–Trinajstić information content (AvgIpc) is 3.20. The van der Waals surface area contributed by atoms with E-state index >= 15 is 0 Å². The molecule has 1 unspecified atom stereocenters. The van der Waals surface area contributed by atoms with Crippen molar-refractivity contribution >= 4 is 79.6 Å². The summed E-state index contributed by atoms with van der Waals surface area (Å²) in [5.41, 5.74) is 2.28. The molecule has 2 heterocycles. The quantitative estimate of drug-likeness (QED) is 0.165. The van der Waals surface area contributed by atoms with Gasteiger partial charge < -0.3 is 15.2 Å². The van der Waals surface area contributed by atoms with Crippen molar-refractivity contribution in [2.75, 3.05) is 15.6 Å². The van der Waals surface area contributed by atoms with Crippen LogP contribution in [0.4, 0.5) is 34.6 Å².